The van der Waals surface area contributed by atoms with Gasteiger partial charge < -0.3 is 19.3 Å². The zero-order valence-corrected chi connectivity index (χ0v) is 21.7. The lowest BCUT2D eigenvalue weighted by atomic mass is 10.0. The fourth-order valence-electron chi connectivity index (χ4n) is 5.06. The Morgan fingerprint density at radius 3 is 2.52 bits per heavy atom. The third kappa shape index (κ3) is 4.08. The molecule has 0 spiro atoms. The molecular formula is C23H28BrFN4O3S. The number of amides is 1. The fraction of sp³-hybridized carbons (Fsp3) is 0.609. The number of likely N-dealkylation sites (tertiary alicyclic amines) is 1. The maximum atomic E-state index is 15.5. The summed E-state index contributed by atoms with van der Waals surface area (Å²) in [6.07, 6.45) is 1.62. The van der Waals surface area contributed by atoms with Gasteiger partial charge in [0.2, 0.25) is 0 Å². The van der Waals surface area contributed by atoms with Crippen LogP contribution in [0.3, 0.4) is 0 Å². The SMILES string of the molecule is CCSc1nc(N2C3CCC2CN(C(=O)OC(C)(C)C)C3)c2c3c(c(Br)c(F)c2n1)COC3. The van der Waals surface area contributed by atoms with Crippen molar-refractivity contribution in [3.8, 4) is 0 Å². The van der Waals surface area contributed by atoms with Crippen LogP contribution < -0.4 is 4.90 Å². The number of hydrogen-bond acceptors (Lipinski definition) is 7. The molecule has 7 nitrogen and oxygen atoms in total. The van der Waals surface area contributed by atoms with E-state index in [-0.39, 0.29) is 24.0 Å². The lowest BCUT2D eigenvalue weighted by Gasteiger charge is -2.42. The molecule has 1 aromatic carbocycles. The lowest BCUT2D eigenvalue weighted by molar-refractivity contribution is 0.0209. The predicted molar refractivity (Wildman–Crippen MR) is 129 cm³/mol. The zero-order valence-electron chi connectivity index (χ0n) is 19.3. The maximum absolute atomic E-state index is 15.5. The first-order valence-electron chi connectivity index (χ1n) is 11.3. The number of carbonyl (C=O) groups is 1. The maximum Gasteiger partial charge on any atom is 0.410 e. The number of piperazine rings is 1. The highest BCUT2D eigenvalue weighted by Gasteiger charge is 2.44. The second-order valence-electron chi connectivity index (χ2n) is 9.74. The van der Waals surface area contributed by atoms with Gasteiger partial charge in [0.1, 0.15) is 16.9 Å². The molecule has 0 N–H and O–H groups in total. The Morgan fingerprint density at radius 2 is 1.88 bits per heavy atom. The molecule has 0 radical (unpaired) electrons. The minimum absolute atomic E-state index is 0.0959. The topological polar surface area (TPSA) is 67.8 Å². The summed E-state index contributed by atoms with van der Waals surface area (Å²) in [6.45, 7) is 9.57. The van der Waals surface area contributed by atoms with Crippen molar-refractivity contribution >= 4 is 50.5 Å². The highest BCUT2D eigenvalue weighted by molar-refractivity contribution is 9.10. The highest BCUT2D eigenvalue weighted by Crippen LogP contribution is 2.44. The van der Waals surface area contributed by atoms with Crippen molar-refractivity contribution in [1.29, 1.82) is 0 Å². The number of carbonyl (C=O) groups excluding carboxylic acids is 1. The van der Waals surface area contributed by atoms with Crippen LogP contribution in [-0.2, 0) is 22.7 Å². The van der Waals surface area contributed by atoms with E-state index in [9.17, 15) is 4.79 Å². The van der Waals surface area contributed by atoms with Gasteiger partial charge in [-0.1, -0.05) is 18.7 Å². The largest absolute Gasteiger partial charge is 0.444 e. The van der Waals surface area contributed by atoms with E-state index in [0.717, 1.165) is 40.9 Å². The van der Waals surface area contributed by atoms with Crippen LogP contribution in [0.25, 0.3) is 10.9 Å². The van der Waals surface area contributed by atoms with E-state index in [1.807, 2.05) is 27.7 Å². The van der Waals surface area contributed by atoms with Crippen molar-refractivity contribution in [3.05, 3.63) is 21.4 Å². The van der Waals surface area contributed by atoms with Gasteiger partial charge in [0.15, 0.2) is 11.0 Å². The average molecular weight is 539 g/mol. The van der Waals surface area contributed by atoms with Crippen LogP contribution in [0.15, 0.2) is 9.63 Å². The summed E-state index contributed by atoms with van der Waals surface area (Å²) in [5.74, 6) is 1.19. The number of fused-ring (bicyclic) bond motifs is 5. The van der Waals surface area contributed by atoms with Gasteiger partial charge in [0.25, 0.3) is 0 Å². The molecule has 2 atom stereocenters. The molecule has 0 aliphatic carbocycles. The lowest BCUT2D eigenvalue weighted by Crippen LogP contribution is -2.56. The van der Waals surface area contributed by atoms with E-state index in [2.05, 4.69) is 25.8 Å². The molecule has 1 aromatic heterocycles. The molecule has 2 unspecified atom stereocenters. The normalized spacial score (nSPS) is 22.2. The molecular weight excluding hydrogens is 511 g/mol. The van der Waals surface area contributed by atoms with Crippen molar-refractivity contribution < 1.29 is 18.7 Å². The van der Waals surface area contributed by atoms with Crippen molar-refractivity contribution in [2.75, 3.05) is 23.7 Å². The van der Waals surface area contributed by atoms with Crippen LogP contribution in [0.5, 0.6) is 0 Å². The molecule has 3 aliphatic rings. The van der Waals surface area contributed by atoms with Crippen LogP contribution in [0.4, 0.5) is 15.0 Å². The summed E-state index contributed by atoms with van der Waals surface area (Å²) in [4.78, 5) is 26.4. The van der Waals surface area contributed by atoms with E-state index < -0.39 is 5.60 Å². The number of hydrogen-bond donors (Lipinski definition) is 0. The second kappa shape index (κ2) is 8.53. The summed E-state index contributed by atoms with van der Waals surface area (Å²) in [5, 5.41) is 1.31. The molecule has 10 heteroatoms. The summed E-state index contributed by atoms with van der Waals surface area (Å²) >= 11 is 4.93. The third-order valence-corrected chi connectivity index (χ3v) is 7.90. The molecule has 178 valence electrons. The highest BCUT2D eigenvalue weighted by atomic mass is 79.9. The monoisotopic (exact) mass is 538 g/mol. The van der Waals surface area contributed by atoms with E-state index in [1.54, 1.807) is 4.90 Å². The van der Waals surface area contributed by atoms with E-state index in [4.69, 9.17) is 14.5 Å². The van der Waals surface area contributed by atoms with Crippen molar-refractivity contribution in [1.82, 2.24) is 14.9 Å². The van der Waals surface area contributed by atoms with Gasteiger partial charge in [-0.25, -0.2) is 19.2 Å². The van der Waals surface area contributed by atoms with Gasteiger partial charge >= 0.3 is 6.09 Å². The van der Waals surface area contributed by atoms with Crippen molar-refractivity contribution in [3.63, 3.8) is 0 Å². The number of ether oxygens (including phenoxy) is 2. The Labute approximate surface area is 205 Å². The van der Waals surface area contributed by atoms with Crippen LogP contribution in [-0.4, -0.2) is 57.5 Å². The Kier molecular flexibility index (Phi) is 5.98. The first-order chi connectivity index (χ1) is 15.7. The number of aromatic nitrogens is 2. The molecule has 5 rings (SSSR count). The number of nitrogens with zero attached hydrogens (tertiary/aromatic N) is 4. The molecule has 2 aromatic rings. The molecule has 2 saturated heterocycles. The van der Waals surface area contributed by atoms with E-state index >= 15 is 4.39 Å². The molecule has 2 fully saturated rings. The number of anilines is 1. The number of thioether (sulfide) groups is 1. The first kappa shape index (κ1) is 23.1. The molecule has 1 amide bonds. The summed E-state index contributed by atoms with van der Waals surface area (Å²) < 4.78 is 27.2. The Morgan fingerprint density at radius 1 is 1.21 bits per heavy atom. The van der Waals surface area contributed by atoms with Gasteiger partial charge in [-0.2, -0.15) is 0 Å². The molecule has 3 aliphatic heterocycles. The quantitative estimate of drug-likeness (QED) is 0.389. The van der Waals surface area contributed by atoms with Gasteiger partial charge in [0, 0.05) is 30.7 Å². The molecule has 2 bridgehead atoms. The first-order valence-corrected chi connectivity index (χ1v) is 13.1. The van der Waals surface area contributed by atoms with E-state index in [0.29, 0.717) is 41.4 Å². The minimum atomic E-state index is -0.534. The van der Waals surface area contributed by atoms with Crippen LogP contribution in [0.1, 0.15) is 51.7 Å². The number of halogens is 2. The Hall–Kier alpha value is -1.65. The molecule has 33 heavy (non-hydrogen) atoms. The van der Waals surface area contributed by atoms with Gasteiger partial charge in [-0.3, -0.25) is 0 Å². The summed E-state index contributed by atoms with van der Waals surface area (Å²) in [5.41, 5.74) is 1.59. The van der Waals surface area contributed by atoms with Crippen molar-refractivity contribution in [2.24, 2.45) is 0 Å². The Balaban J connectivity index is 1.59. The van der Waals surface area contributed by atoms with Crippen LogP contribution >= 0.6 is 27.7 Å². The van der Waals surface area contributed by atoms with Crippen molar-refractivity contribution in [2.45, 2.75) is 76.6 Å². The molecule has 0 saturated carbocycles. The smallest absolute Gasteiger partial charge is 0.410 e. The zero-order chi connectivity index (χ0) is 23.5. The summed E-state index contributed by atoms with van der Waals surface area (Å²) in [6, 6.07) is 0.192. The fourth-order valence-corrected chi connectivity index (χ4v) is 6.16. The number of rotatable bonds is 3. The standard InChI is InChI=1S/C23H28BrFN4O3S/c1-5-33-21-26-19-16(14-10-31-11-15(14)17(24)18(19)25)20(27-21)29-12-6-7-13(29)9-28(8-12)22(30)32-23(2,3)4/h12-13H,5-11H2,1-4H3. The average Bonchev–Trinajstić information content (AvgIpc) is 3.33. The summed E-state index contributed by atoms with van der Waals surface area (Å²) in [7, 11) is 0. The minimum Gasteiger partial charge on any atom is -0.444 e. The number of benzene rings is 1. The predicted octanol–water partition coefficient (Wildman–Crippen LogP) is 5.26. The van der Waals surface area contributed by atoms with Gasteiger partial charge in [0.05, 0.1) is 23.1 Å². The van der Waals surface area contributed by atoms with E-state index in [1.165, 1.54) is 11.8 Å². The Bertz CT molecular complexity index is 1110. The molecule has 4 heterocycles. The third-order valence-electron chi connectivity index (χ3n) is 6.35. The van der Waals surface area contributed by atoms with Gasteiger partial charge in [-0.05, 0) is 60.9 Å². The van der Waals surface area contributed by atoms with Gasteiger partial charge in [-0.15, -0.1) is 0 Å². The van der Waals surface area contributed by atoms with Crippen LogP contribution in [0.2, 0.25) is 0 Å². The van der Waals surface area contributed by atoms with Crippen LogP contribution in [0, 0.1) is 5.82 Å². The second-order valence-corrected chi connectivity index (χ2v) is 11.8.